The van der Waals surface area contributed by atoms with Crippen LogP contribution in [0.2, 0.25) is 0 Å². The van der Waals surface area contributed by atoms with Gasteiger partial charge in [0.2, 0.25) is 0 Å². The number of likely N-dealkylation sites (N-methyl/N-ethyl adjacent to an activating group) is 2. The van der Waals surface area contributed by atoms with Crippen LogP contribution in [-0.2, 0) is 4.79 Å². The van der Waals surface area contributed by atoms with E-state index in [0.29, 0.717) is 18.6 Å². The topological polar surface area (TPSA) is 40.6 Å². The molecule has 1 heterocycles. The summed E-state index contributed by atoms with van der Waals surface area (Å²) in [4.78, 5) is 26.3. The molecule has 1 spiro atoms. The van der Waals surface area contributed by atoms with E-state index in [-0.39, 0.29) is 11.6 Å². The minimum Gasteiger partial charge on any atom is -0.325 e. The van der Waals surface area contributed by atoms with Gasteiger partial charge in [-0.3, -0.25) is 4.79 Å². The minimum atomic E-state index is -0.0558. The first-order chi connectivity index (χ1) is 6.55. The number of hydrogen-bond acceptors (Lipinski definition) is 2. The van der Waals surface area contributed by atoms with Gasteiger partial charge < -0.3 is 9.80 Å². The zero-order valence-corrected chi connectivity index (χ0v) is 8.75. The summed E-state index contributed by atoms with van der Waals surface area (Å²) in [6, 6.07) is 0.0827. The molecule has 0 unspecified atom stereocenters. The molecular weight excluding hydrogens is 180 g/mol. The van der Waals surface area contributed by atoms with Gasteiger partial charge in [-0.25, -0.2) is 4.79 Å². The zero-order valence-electron chi connectivity index (χ0n) is 8.75. The molecule has 78 valence electrons. The summed E-state index contributed by atoms with van der Waals surface area (Å²) in [5.41, 5.74) is -0.0558. The molecular formula is C10H16N2O2. The monoisotopic (exact) mass is 196 g/mol. The van der Waals surface area contributed by atoms with E-state index in [1.165, 1.54) is 0 Å². The highest BCUT2D eigenvalue weighted by atomic mass is 16.2. The van der Waals surface area contributed by atoms with Crippen LogP contribution in [0.15, 0.2) is 0 Å². The van der Waals surface area contributed by atoms with Crippen LogP contribution in [0.4, 0.5) is 4.79 Å². The van der Waals surface area contributed by atoms with E-state index in [2.05, 4.69) is 0 Å². The van der Waals surface area contributed by atoms with Crippen molar-refractivity contribution in [2.24, 2.45) is 0 Å². The minimum absolute atomic E-state index is 0.0558. The highest BCUT2D eigenvalue weighted by Crippen LogP contribution is 2.36. The number of carbonyl (C=O) groups is 2. The number of amides is 2. The van der Waals surface area contributed by atoms with Crippen molar-refractivity contribution in [2.75, 3.05) is 20.6 Å². The highest BCUT2D eigenvalue weighted by molar-refractivity contribution is 5.82. The third-order valence-corrected chi connectivity index (χ3v) is 3.59. The first-order valence-corrected chi connectivity index (χ1v) is 5.06. The van der Waals surface area contributed by atoms with Crippen molar-refractivity contribution in [3.05, 3.63) is 0 Å². The van der Waals surface area contributed by atoms with Crippen molar-refractivity contribution in [1.82, 2.24) is 9.80 Å². The number of nitrogens with zero attached hydrogens (tertiary/aromatic N) is 2. The zero-order chi connectivity index (χ0) is 10.3. The van der Waals surface area contributed by atoms with E-state index >= 15 is 0 Å². The Kier molecular flexibility index (Phi) is 2.01. The van der Waals surface area contributed by atoms with Gasteiger partial charge in [-0.15, -0.1) is 0 Å². The van der Waals surface area contributed by atoms with Crippen LogP contribution >= 0.6 is 0 Å². The number of hydrogen-bond donors (Lipinski definition) is 0. The van der Waals surface area contributed by atoms with Crippen LogP contribution in [0.25, 0.3) is 0 Å². The van der Waals surface area contributed by atoms with Gasteiger partial charge in [0.05, 0.1) is 5.54 Å². The van der Waals surface area contributed by atoms with Crippen molar-refractivity contribution in [3.63, 3.8) is 0 Å². The van der Waals surface area contributed by atoms with Crippen LogP contribution < -0.4 is 0 Å². The van der Waals surface area contributed by atoms with Crippen LogP contribution in [0, 0.1) is 0 Å². The van der Waals surface area contributed by atoms with E-state index in [1.807, 2.05) is 19.0 Å². The number of rotatable bonds is 0. The van der Waals surface area contributed by atoms with E-state index < -0.39 is 0 Å². The van der Waals surface area contributed by atoms with Gasteiger partial charge in [-0.05, 0) is 12.8 Å². The number of ketones is 1. The fourth-order valence-corrected chi connectivity index (χ4v) is 2.56. The molecule has 1 saturated carbocycles. The lowest BCUT2D eigenvalue weighted by molar-refractivity contribution is -0.122. The average Bonchev–Trinajstić information content (AvgIpc) is 2.37. The Hall–Kier alpha value is -1.06. The number of urea groups is 1. The molecule has 0 bridgehead atoms. The molecule has 0 atom stereocenters. The van der Waals surface area contributed by atoms with Gasteiger partial charge in [0.15, 0.2) is 0 Å². The summed E-state index contributed by atoms with van der Waals surface area (Å²) in [6.07, 6.45) is 2.92. The molecule has 14 heavy (non-hydrogen) atoms. The fraction of sp³-hybridized carbons (Fsp3) is 0.800. The van der Waals surface area contributed by atoms with Gasteiger partial charge >= 0.3 is 6.03 Å². The Morgan fingerprint density at radius 3 is 2.14 bits per heavy atom. The first kappa shape index (κ1) is 9.49. The molecule has 4 nitrogen and oxygen atoms in total. The van der Waals surface area contributed by atoms with Gasteiger partial charge in [-0.2, -0.15) is 0 Å². The van der Waals surface area contributed by atoms with Crippen molar-refractivity contribution in [2.45, 2.75) is 31.2 Å². The predicted octanol–water partition coefficient (Wildman–Crippen LogP) is 0.865. The molecule has 4 heteroatoms. The normalized spacial score (nSPS) is 26.4. The predicted molar refractivity (Wildman–Crippen MR) is 52.0 cm³/mol. The molecule has 2 rings (SSSR count). The molecule has 2 amide bonds. The maximum absolute atomic E-state index is 11.6. The lowest BCUT2D eigenvalue weighted by Crippen LogP contribution is -2.47. The van der Waals surface area contributed by atoms with Gasteiger partial charge in [0.1, 0.15) is 5.78 Å². The molecule has 2 fully saturated rings. The third-order valence-electron chi connectivity index (χ3n) is 3.59. The molecule has 2 aliphatic rings. The van der Waals surface area contributed by atoms with Crippen LogP contribution in [-0.4, -0.2) is 47.8 Å². The molecule has 0 aromatic rings. The summed E-state index contributed by atoms with van der Waals surface area (Å²) in [5.74, 6) is 0.339. The summed E-state index contributed by atoms with van der Waals surface area (Å²) < 4.78 is 0. The second kappa shape index (κ2) is 2.97. The Bertz CT molecular complexity index is 278. The number of Topliss-reactive ketones (excluding diaryl/α,β-unsaturated/α-hetero) is 1. The van der Waals surface area contributed by atoms with Gasteiger partial charge in [-0.1, -0.05) is 0 Å². The molecule has 0 N–H and O–H groups in total. The molecule has 0 aromatic carbocycles. The van der Waals surface area contributed by atoms with Crippen LogP contribution in [0.1, 0.15) is 25.7 Å². The van der Waals surface area contributed by atoms with Gasteiger partial charge in [0, 0.05) is 33.5 Å². The number of carbonyl (C=O) groups excluding carboxylic acids is 2. The quantitative estimate of drug-likeness (QED) is 0.576. The van der Waals surface area contributed by atoms with Gasteiger partial charge in [0.25, 0.3) is 0 Å². The highest BCUT2D eigenvalue weighted by Gasteiger charge is 2.47. The second-order valence-electron chi connectivity index (χ2n) is 4.46. The first-order valence-electron chi connectivity index (χ1n) is 5.06. The van der Waals surface area contributed by atoms with Crippen molar-refractivity contribution >= 4 is 11.8 Å². The lowest BCUT2D eigenvalue weighted by Gasteiger charge is -2.37. The van der Waals surface area contributed by atoms with E-state index in [0.717, 1.165) is 19.4 Å². The van der Waals surface area contributed by atoms with Crippen LogP contribution in [0.5, 0.6) is 0 Å². The summed E-state index contributed by atoms with van der Waals surface area (Å²) in [7, 11) is 3.67. The molecule has 0 aromatic heterocycles. The van der Waals surface area contributed by atoms with Crippen LogP contribution in [0.3, 0.4) is 0 Å². The lowest BCUT2D eigenvalue weighted by atomic mass is 9.81. The Morgan fingerprint density at radius 1 is 1.14 bits per heavy atom. The van der Waals surface area contributed by atoms with Crippen molar-refractivity contribution in [3.8, 4) is 0 Å². The maximum Gasteiger partial charge on any atom is 0.320 e. The Balaban J connectivity index is 2.17. The van der Waals surface area contributed by atoms with Crippen molar-refractivity contribution in [1.29, 1.82) is 0 Å². The SMILES string of the molecule is CN1CC2(CCC(=O)CC2)N(C)C1=O. The van der Waals surface area contributed by atoms with E-state index in [1.54, 1.807) is 4.90 Å². The van der Waals surface area contributed by atoms with E-state index in [9.17, 15) is 9.59 Å². The smallest absolute Gasteiger partial charge is 0.320 e. The average molecular weight is 196 g/mol. The Labute approximate surface area is 83.9 Å². The maximum atomic E-state index is 11.6. The fourth-order valence-electron chi connectivity index (χ4n) is 2.56. The standard InChI is InChI=1S/C10H16N2O2/c1-11-7-10(12(2)9(11)14)5-3-8(13)4-6-10/h3-7H2,1-2H3. The molecule has 1 saturated heterocycles. The molecule has 1 aliphatic carbocycles. The largest absolute Gasteiger partial charge is 0.325 e. The van der Waals surface area contributed by atoms with Crippen molar-refractivity contribution < 1.29 is 9.59 Å². The Morgan fingerprint density at radius 2 is 1.71 bits per heavy atom. The molecule has 1 aliphatic heterocycles. The summed E-state index contributed by atoms with van der Waals surface area (Å²) in [6.45, 7) is 0.773. The summed E-state index contributed by atoms with van der Waals surface area (Å²) >= 11 is 0. The summed E-state index contributed by atoms with van der Waals surface area (Å²) in [5, 5.41) is 0. The second-order valence-corrected chi connectivity index (χ2v) is 4.46. The third kappa shape index (κ3) is 1.21. The molecule has 0 radical (unpaired) electrons. The van der Waals surface area contributed by atoms with E-state index in [4.69, 9.17) is 0 Å².